The number of benzene rings is 1. The molecule has 0 saturated carbocycles. The molecule has 0 unspecified atom stereocenters. The number of aliphatic hydroxyl groups is 1. The zero-order chi connectivity index (χ0) is 9.97. The number of aryl methyl sites for hydroxylation is 1. The monoisotopic (exact) mass is 209 g/mol. The zero-order valence-corrected chi connectivity index (χ0v) is 8.51. The summed E-state index contributed by atoms with van der Waals surface area (Å²) < 4.78 is 0. The van der Waals surface area contributed by atoms with E-state index in [9.17, 15) is 0 Å². The first-order valence-corrected chi connectivity index (χ1v) is 5.05. The van der Waals surface area contributed by atoms with Gasteiger partial charge in [0, 0.05) is 28.7 Å². The van der Waals surface area contributed by atoms with Crippen molar-refractivity contribution in [3.63, 3.8) is 0 Å². The van der Waals surface area contributed by atoms with Crippen molar-refractivity contribution in [2.75, 3.05) is 6.61 Å². The highest BCUT2D eigenvalue weighted by Gasteiger charge is 2.03. The van der Waals surface area contributed by atoms with E-state index < -0.39 is 0 Å². The predicted molar refractivity (Wildman–Crippen MR) is 58.7 cm³/mol. The van der Waals surface area contributed by atoms with Crippen LogP contribution in [0, 0.1) is 0 Å². The Bertz CT molecular complexity index is 436. The average molecular weight is 210 g/mol. The summed E-state index contributed by atoms with van der Waals surface area (Å²) in [6.45, 7) is 0.221. The lowest BCUT2D eigenvalue weighted by Crippen LogP contribution is -1.90. The van der Waals surface area contributed by atoms with Gasteiger partial charge in [0.05, 0.1) is 0 Å². The molecule has 2 N–H and O–H groups in total. The number of hydrogen-bond donors (Lipinski definition) is 2. The van der Waals surface area contributed by atoms with Gasteiger partial charge in [0.1, 0.15) is 0 Å². The van der Waals surface area contributed by atoms with E-state index in [1.807, 2.05) is 24.4 Å². The molecule has 1 heterocycles. The van der Waals surface area contributed by atoms with E-state index in [-0.39, 0.29) is 6.61 Å². The van der Waals surface area contributed by atoms with Crippen LogP contribution in [0.5, 0.6) is 0 Å². The van der Waals surface area contributed by atoms with E-state index in [4.69, 9.17) is 16.7 Å². The summed E-state index contributed by atoms with van der Waals surface area (Å²) in [6.07, 6.45) is 3.55. The molecule has 0 fully saturated rings. The van der Waals surface area contributed by atoms with Crippen molar-refractivity contribution >= 4 is 22.5 Å². The third kappa shape index (κ3) is 1.76. The van der Waals surface area contributed by atoms with Gasteiger partial charge in [-0.25, -0.2) is 0 Å². The Morgan fingerprint density at radius 2 is 2.21 bits per heavy atom. The summed E-state index contributed by atoms with van der Waals surface area (Å²) in [4.78, 5) is 3.13. The molecular formula is C11H12ClNO. The molecule has 0 aliphatic rings. The summed E-state index contributed by atoms with van der Waals surface area (Å²) in [5.74, 6) is 0. The Labute approximate surface area is 87.5 Å². The molecule has 2 nitrogen and oxygen atoms in total. The molecule has 14 heavy (non-hydrogen) atoms. The Balaban J connectivity index is 2.44. The quantitative estimate of drug-likeness (QED) is 0.801. The van der Waals surface area contributed by atoms with Gasteiger partial charge < -0.3 is 10.1 Å². The molecule has 3 heteroatoms. The number of fused-ring (bicyclic) bond motifs is 1. The van der Waals surface area contributed by atoms with Crippen molar-refractivity contribution in [1.82, 2.24) is 4.98 Å². The van der Waals surface area contributed by atoms with Gasteiger partial charge in [-0.2, -0.15) is 0 Å². The maximum Gasteiger partial charge on any atom is 0.0471 e. The maximum atomic E-state index is 8.78. The van der Waals surface area contributed by atoms with Gasteiger partial charge in [-0.15, -0.1) is 0 Å². The summed E-state index contributed by atoms with van der Waals surface area (Å²) >= 11 is 5.98. The Kier molecular flexibility index (Phi) is 2.75. The first-order chi connectivity index (χ1) is 6.81. The molecule has 0 atom stereocenters. The highest BCUT2D eigenvalue weighted by molar-refractivity contribution is 6.31. The van der Waals surface area contributed by atoms with E-state index in [1.165, 1.54) is 10.9 Å². The largest absolute Gasteiger partial charge is 0.396 e. The molecule has 2 rings (SSSR count). The minimum Gasteiger partial charge on any atom is -0.396 e. The first kappa shape index (κ1) is 9.56. The number of nitrogens with one attached hydrogen (secondary N) is 1. The van der Waals surface area contributed by atoms with Crippen LogP contribution in [0.4, 0.5) is 0 Å². The Morgan fingerprint density at radius 1 is 1.36 bits per heavy atom. The normalized spacial score (nSPS) is 11.0. The SMILES string of the molecule is OCCCc1cc(Cl)cc2[nH]ccc12. The van der Waals surface area contributed by atoms with Gasteiger partial charge >= 0.3 is 0 Å². The molecular weight excluding hydrogens is 198 g/mol. The number of aliphatic hydroxyl groups excluding tert-OH is 1. The van der Waals surface area contributed by atoms with Gasteiger partial charge in [-0.3, -0.25) is 0 Å². The summed E-state index contributed by atoms with van der Waals surface area (Å²) in [6, 6.07) is 5.92. The molecule has 1 aromatic carbocycles. The van der Waals surface area contributed by atoms with Crippen molar-refractivity contribution in [3.8, 4) is 0 Å². The summed E-state index contributed by atoms with van der Waals surface area (Å²) in [5.41, 5.74) is 2.26. The van der Waals surface area contributed by atoms with E-state index in [0.717, 1.165) is 23.4 Å². The van der Waals surface area contributed by atoms with Crippen LogP contribution in [0.3, 0.4) is 0 Å². The molecule has 2 aromatic rings. The van der Waals surface area contributed by atoms with E-state index in [0.29, 0.717) is 0 Å². The smallest absolute Gasteiger partial charge is 0.0471 e. The molecule has 0 amide bonds. The third-order valence-electron chi connectivity index (χ3n) is 2.32. The second kappa shape index (κ2) is 4.03. The minimum absolute atomic E-state index is 0.221. The van der Waals surface area contributed by atoms with Gasteiger partial charge in [0.2, 0.25) is 0 Å². The lowest BCUT2D eigenvalue weighted by Gasteiger charge is -2.03. The second-order valence-corrected chi connectivity index (χ2v) is 3.77. The van der Waals surface area contributed by atoms with E-state index >= 15 is 0 Å². The summed E-state index contributed by atoms with van der Waals surface area (Å²) in [5, 5.41) is 10.7. The first-order valence-electron chi connectivity index (χ1n) is 4.67. The average Bonchev–Trinajstić information content (AvgIpc) is 2.61. The van der Waals surface area contributed by atoms with Crippen LogP contribution in [-0.4, -0.2) is 16.7 Å². The lowest BCUT2D eigenvalue weighted by atomic mass is 10.1. The molecule has 0 bridgehead atoms. The third-order valence-corrected chi connectivity index (χ3v) is 2.54. The number of hydrogen-bond acceptors (Lipinski definition) is 1. The van der Waals surface area contributed by atoms with Crippen molar-refractivity contribution in [1.29, 1.82) is 0 Å². The van der Waals surface area contributed by atoms with Gasteiger partial charge in [-0.1, -0.05) is 11.6 Å². The topological polar surface area (TPSA) is 36.0 Å². The van der Waals surface area contributed by atoms with Gasteiger partial charge in [-0.05, 0) is 36.6 Å². The van der Waals surface area contributed by atoms with Crippen LogP contribution < -0.4 is 0 Å². The van der Waals surface area contributed by atoms with Gasteiger partial charge in [0.15, 0.2) is 0 Å². The molecule has 74 valence electrons. The Hall–Kier alpha value is -0.990. The van der Waals surface area contributed by atoms with Crippen LogP contribution >= 0.6 is 11.6 Å². The van der Waals surface area contributed by atoms with Crippen molar-refractivity contribution < 1.29 is 5.11 Å². The van der Waals surface area contributed by atoms with Crippen molar-refractivity contribution in [2.45, 2.75) is 12.8 Å². The number of H-pyrrole nitrogens is 1. The molecule has 0 radical (unpaired) electrons. The number of halogens is 1. The molecule has 0 aliphatic carbocycles. The predicted octanol–water partition coefficient (Wildman–Crippen LogP) is 2.75. The molecule has 0 aliphatic heterocycles. The fraction of sp³-hybridized carbons (Fsp3) is 0.273. The lowest BCUT2D eigenvalue weighted by molar-refractivity contribution is 0.289. The molecule has 0 spiro atoms. The Morgan fingerprint density at radius 3 is 3.00 bits per heavy atom. The number of aromatic amines is 1. The van der Waals surface area contributed by atoms with E-state index in [1.54, 1.807) is 0 Å². The van der Waals surface area contributed by atoms with Gasteiger partial charge in [0.25, 0.3) is 0 Å². The zero-order valence-electron chi connectivity index (χ0n) is 7.76. The molecule has 0 saturated heterocycles. The van der Waals surface area contributed by atoms with Crippen molar-refractivity contribution in [2.24, 2.45) is 0 Å². The standard InChI is InChI=1S/C11H12ClNO/c12-9-6-8(2-1-5-14)10-3-4-13-11(10)7-9/h3-4,6-7,13-14H,1-2,5H2. The van der Waals surface area contributed by atoms with Crippen LogP contribution in [0.25, 0.3) is 10.9 Å². The fourth-order valence-corrected chi connectivity index (χ4v) is 1.92. The van der Waals surface area contributed by atoms with Crippen LogP contribution in [0.15, 0.2) is 24.4 Å². The maximum absolute atomic E-state index is 8.78. The van der Waals surface area contributed by atoms with Crippen molar-refractivity contribution in [3.05, 3.63) is 35.0 Å². The van der Waals surface area contributed by atoms with E-state index in [2.05, 4.69) is 4.98 Å². The highest BCUT2D eigenvalue weighted by Crippen LogP contribution is 2.23. The molecule has 1 aromatic heterocycles. The second-order valence-electron chi connectivity index (χ2n) is 3.33. The highest BCUT2D eigenvalue weighted by atomic mass is 35.5. The van der Waals surface area contributed by atoms with Crippen LogP contribution in [0.2, 0.25) is 5.02 Å². The minimum atomic E-state index is 0.221. The van der Waals surface area contributed by atoms with Crippen LogP contribution in [-0.2, 0) is 6.42 Å². The summed E-state index contributed by atoms with van der Waals surface area (Å²) in [7, 11) is 0. The fourth-order valence-electron chi connectivity index (χ4n) is 1.68. The van der Waals surface area contributed by atoms with Crippen LogP contribution in [0.1, 0.15) is 12.0 Å². The number of rotatable bonds is 3. The number of aromatic nitrogens is 1.